The zero-order valence-electron chi connectivity index (χ0n) is 6.04. The monoisotopic (exact) mass is 210 g/mol. The van der Waals surface area contributed by atoms with Crippen LogP contribution >= 0.6 is 0 Å². The van der Waals surface area contributed by atoms with Crippen LogP contribution in [0.15, 0.2) is 23.4 Å². The van der Waals surface area contributed by atoms with Crippen LogP contribution in [0.1, 0.15) is 0 Å². The number of hydrogen-bond acceptors (Lipinski definition) is 3. The topological polar surface area (TPSA) is 47.0 Å². The highest BCUT2D eigenvalue weighted by molar-refractivity contribution is 7.92. The summed E-state index contributed by atoms with van der Waals surface area (Å²) in [4.78, 5) is 3.05. The van der Waals surface area contributed by atoms with E-state index in [0.29, 0.717) is 0 Å². The molecule has 1 aromatic heterocycles. The summed E-state index contributed by atoms with van der Waals surface area (Å²) in [5.41, 5.74) is -5.32. The van der Waals surface area contributed by atoms with Crippen molar-refractivity contribution in [3.05, 3.63) is 24.4 Å². The highest BCUT2D eigenvalue weighted by Gasteiger charge is 2.47. The first kappa shape index (κ1) is 9.97. The predicted molar refractivity (Wildman–Crippen MR) is 36.3 cm³/mol. The van der Waals surface area contributed by atoms with Crippen molar-refractivity contribution >= 4 is 9.84 Å². The fourth-order valence-corrected chi connectivity index (χ4v) is 1.21. The highest BCUT2D eigenvalue weighted by Crippen LogP contribution is 2.28. The van der Waals surface area contributed by atoms with E-state index < -0.39 is 20.4 Å². The van der Waals surface area contributed by atoms with Crippen molar-refractivity contribution in [3.8, 4) is 0 Å². The highest BCUT2D eigenvalue weighted by atomic mass is 32.2. The standard InChI is InChI=1S/C6H3F3NO2S/c7-6(8,9)13(11,12)5-3-1-2-4-10-5/h1-2,4H. The third-order valence-electron chi connectivity index (χ3n) is 1.14. The molecule has 0 amide bonds. The molecule has 71 valence electrons. The normalized spacial score (nSPS) is 12.8. The number of nitrogens with zero attached hydrogens (tertiary/aromatic N) is 1. The Labute approximate surface area is 72.1 Å². The Hall–Kier alpha value is -1.11. The van der Waals surface area contributed by atoms with E-state index in [1.165, 1.54) is 6.07 Å². The first-order chi connectivity index (χ1) is 5.86. The van der Waals surface area contributed by atoms with Gasteiger partial charge in [0.05, 0.1) is 0 Å². The molecule has 7 heteroatoms. The number of rotatable bonds is 1. The van der Waals surface area contributed by atoms with Gasteiger partial charge in [-0.3, -0.25) is 0 Å². The molecule has 0 aliphatic carbocycles. The maximum absolute atomic E-state index is 11.9. The van der Waals surface area contributed by atoms with Gasteiger partial charge in [-0.1, -0.05) is 0 Å². The van der Waals surface area contributed by atoms with Crippen LogP contribution in [0.3, 0.4) is 0 Å². The van der Waals surface area contributed by atoms with E-state index in [-0.39, 0.29) is 0 Å². The predicted octanol–water partition coefficient (Wildman–Crippen LogP) is 1.18. The average molecular weight is 210 g/mol. The molecule has 0 fully saturated rings. The van der Waals surface area contributed by atoms with Crippen LogP contribution in [0.2, 0.25) is 0 Å². The number of hydrogen-bond donors (Lipinski definition) is 0. The Kier molecular flexibility index (Phi) is 2.29. The maximum atomic E-state index is 11.9. The SMILES string of the molecule is O=S(=O)(c1[c]cccn1)C(F)(F)F. The van der Waals surface area contributed by atoms with Crippen molar-refractivity contribution in [2.75, 3.05) is 0 Å². The van der Waals surface area contributed by atoms with E-state index >= 15 is 0 Å². The molecule has 1 radical (unpaired) electrons. The summed E-state index contributed by atoms with van der Waals surface area (Å²) >= 11 is 0. The molecule has 0 saturated heterocycles. The van der Waals surface area contributed by atoms with Crippen molar-refractivity contribution in [1.82, 2.24) is 4.98 Å². The fraction of sp³-hybridized carbons (Fsp3) is 0.167. The first-order valence-electron chi connectivity index (χ1n) is 3.00. The maximum Gasteiger partial charge on any atom is 0.503 e. The number of halogens is 3. The lowest BCUT2D eigenvalue weighted by Crippen LogP contribution is -2.24. The minimum Gasteiger partial charge on any atom is -0.244 e. The molecule has 0 aliphatic rings. The summed E-state index contributed by atoms with van der Waals surface area (Å²) in [7, 11) is -5.34. The molecule has 0 saturated carbocycles. The second-order valence-electron chi connectivity index (χ2n) is 2.04. The van der Waals surface area contributed by atoms with Crippen LogP contribution in [-0.2, 0) is 9.84 Å². The molecule has 3 nitrogen and oxygen atoms in total. The van der Waals surface area contributed by atoms with Crippen molar-refractivity contribution in [3.63, 3.8) is 0 Å². The van der Waals surface area contributed by atoms with Gasteiger partial charge < -0.3 is 0 Å². The second kappa shape index (κ2) is 2.99. The molecule has 1 rings (SSSR count). The number of sulfone groups is 1. The molecule has 0 spiro atoms. The van der Waals surface area contributed by atoms with E-state index in [4.69, 9.17) is 0 Å². The molecular formula is C6H3F3NO2S. The van der Waals surface area contributed by atoms with Gasteiger partial charge in [0.25, 0.3) is 9.84 Å². The summed E-state index contributed by atoms with van der Waals surface area (Å²) in [6.45, 7) is 0. The lowest BCUT2D eigenvalue weighted by molar-refractivity contribution is -0.0438. The van der Waals surface area contributed by atoms with Gasteiger partial charge >= 0.3 is 5.51 Å². The van der Waals surface area contributed by atoms with Crippen molar-refractivity contribution < 1.29 is 21.6 Å². The summed E-state index contributed by atoms with van der Waals surface area (Å²) in [5, 5.41) is -1.11. The largest absolute Gasteiger partial charge is 0.503 e. The van der Waals surface area contributed by atoms with Crippen LogP contribution in [-0.4, -0.2) is 18.9 Å². The van der Waals surface area contributed by atoms with Gasteiger partial charge in [-0.15, -0.1) is 0 Å². The quantitative estimate of drug-likeness (QED) is 0.699. The van der Waals surface area contributed by atoms with Gasteiger partial charge in [0.15, 0.2) is 5.03 Å². The molecule has 1 heterocycles. The molecule has 0 aliphatic heterocycles. The van der Waals surface area contributed by atoms with E-state index in [1.54, 1.807) is 0 Å². The van der Waals surface area contributed by atoms with E-state index in [0.717, 1.165) is 12.3 Å². The second-order valence-corrected chi connectivity index (χ2v) is 3.89. The van der Waals surface area contributed by atoms with Crippen LogP contribution in [0.4, 0.5) is 13.2 Å². The van der Waals surface area contributed by atoms with Crippen LogP contribution in [0.25, 0.3) is 0 Å². The summed E-state index contributed by atoms with van der Waals surface area (Å²) in [5.74, 6) is 0. The smallest absolute Gasteiger partial charge is 0.244 e. The zero-order chi connectivity index (χ0) is 10.1. The Balaban J connectivity index is 3.26. The van der Waals surface area contributed by atoms with Crippen LogP contribution in [0.5, 0.6) is 0 Å². The Morgan fingerprint density at radius 2 is 2.00 bits per heavy atom. The molecule has 0 bridgehead atoms. The van der Waals surface area contributed by atoms with Gasteiger partial charge in [0, 0.05) is 12.3 Å². The molecular weight excluding hydrogens is 207 g/mol. The third kappa shape index (κ3) is 1.80. The summed E-state index contributed by atoms with van der Waals surface area (Å²) < 4.78 is 56.9. The Morgan fingerprint density at radius 3 is 2.38 bits per heavy atom. The molecule has 0 N–H and O–H groups in total. The van der Waals surface area contributed by atoms with E-state index in [1.807, 2.05) is 6.07 Å². The minimum atomic E-state index is -5.34. The Morgan fingerprint density at radius 1 is 1.38 bits per heavy atom. The number of alkyl halides is 3. The number of aromatic nitrogens is 1. The van der Waals surface area contributed by atoms with E-state index in [9.17, 15) is 21.6 Å². The minimum absolute atomic E-state index is 0.953. The molecule has 0 aromatic carbocycles. The van der Waals surface area contributed by atoms with Gasteiger partial charge in [-0.25, -0.2) is 13.4 Å². The third-order valence-corrected chi connectivity index (χ3v) is 2.48. The zero-order valence-corrected chi connectivity index (χ0v) is 6.85. The molecule has 13 heavy (non-hydrogen) atoms. The number of pyridine rings is 1. The lowest BCUT2D eigenvalue weighted by Gasteiger charge is -2.05. The van der Waals surface area contributed by atoms with Gasteiger partial charge in [-0.2, -0.15) is 13.2 Å². The average Bonchev–Trinajstić information content (AvgIpc) is 2.04. The van der Waals surface area contributed by atoms with Gasteiger partial charge in [-0.05, 0) is 12.1 Å². The van der Waals surface area contributed by atoms with Crippen LogP contribution < -0.4 is 0 Å². The van der Waals surface area contributed by atoms with Crippen molar-refractivity contribution in [1.29, 1.82) is 0 Å². The van der Waals surface area contributed by atoms with Crippen molar-refractivity contribution in [2.24, 2.45) is 0 Å². The van der Waals surface area contributed by atoms with Gasteiger partial charge in [0.1, 0.15) is 0 Å². The fourth-order valence-electron chi connectivity index (χ4n) is 0.567. The lowest BCUT2D eigenvalue weighted by atomic mass is 10.5. The molecule has 1 aromatic rings. The first-order valence-corrected chi connectivity index (χ1v) is 4.48. The van der Waals surface area contributed by atoms with Crippen molar-refractivity contribution in [2.45, 2.75) is 10.5 Å². The van der Waals surface area contributed by atoms with Crippen LogP contribution in [0, 0.1) is 6.07 Å². The summed E-state index contributed by atoms with van der Waals surface area (Å²) in [6, 6.07) is 4.22. The van der Waals surface area contributed by atoms with Gasteiger partial charge in [0.2, 0.25) is 0 Å². The molecule has 0 unspecified atom stereocenters. The molecule has 0 atom stereocenters. The Bertz CT molecular complexity index is 384. The summed E-state index contributed by atoms with van der Waals surface area (Å²) in [6.07, 6.45) is 0.953. The van der Waals surface area contributed by atoms with E-state index in [2.05, 4.69) is 4.98 Å².